The number of amides is 1. The standard InChI is InChI=1S/C16H23ClN2OS/c17-12-8-9-15(14(18)11-12)19-16(20)7-4-10-21-13-5-2-1-3-6-13/h8-9,11,13H,1-7,10,18H2,(H,19,20). The highest BCUT2D eigenvalue weighted by Gasteiger charge is 2.13. The molecule has 0 atom stereocenters. The normalized spacial score (nSPS) is 15.9. The topological polar surface area (TPSA) is 55.1 Å². The van der Waals surface area contributed by atoms with Crippen molar-refractivity contribution >= 4 is 40.6 Å². The number of benzene rings is 1. The number of carbonyl (C=O) groups excluding carboxylic acids is 1. The molecule has 1 aliphatic rings. The Bertz CT molecular complexity index is 475. The van der Waals surface area contributed by atoms with Crippen LogP contribution in [0.5, 0.6) is 0 Å². The first kappa shape index (κ1) is 16.5. The third-order valence-electron chi connectivity index (χ3n) is 3.74. The summed E-state index contributed by atoms with van der Waals surface area (Å²) in [6.07, 6.45) is 8.28. The van der Waals surface area contributed by atoms with E-state index >= 15 is 0 Å². The summed E-state index contributed by atoms with van der Waals surface area (Å²) in [7, 11) is 0. The molecule has 116 valence electrons. The van der Waals surface area contributed by atoms with Crippen molar-refractivity contribution in [1.82, 2.24) is 0 Å². The minimum Gasteiger partial charge on any atom is -0.397 e. The van der Waals surface area contributed by atoms with Gasteiger partial charge in [0.25, 0.3) is 0 Å². The van der Waals surface area contributed by atoms with Crippen molar-refractivity contribution in [3.63, 3.8) is 0 Å². The van der Waals surface area contributed by atoms with Crippen LogP contribution in [-0.4, -0.2) is 16.9 Å². The molecule has 1 aromatic rings. The first-order valence-electron chi connectivity index (χ1n) is 7.61. The molecule has 1 aliphatic carbocycles. The fourth-order valence-corrected chi connectivity index (χ4v) is 4.07. The van der Waals surface area contributed by atoms with Crippen molar-refractivity contribution < 1.29 is 4.79 Å². The summed E-state index contributed by atoms with van der Waals surface area (Å²) in [6.45, 7) is 0. The van der Waals surface area contributed by atoms with Gasteiger partial charge in [-0.1, -0.05) is 30.9 Å². The maximum atomic E-state index is 11.9. The highest BCUT2D eigenvalue weighted by atomic mass is 35.5. The molecular weight excluding hydrogens is 304 g/mol. The molecular formula is C16H23ClN2OS. The van der Waals surface area contributed by atoms with Gasteiger partial charge in [0.05, 0.1) is 11.4 Å². The Kier molecular flexibility index (Phi) is 6.71. The maximum Gasteiger partial charge on any atom is 0.224 e. The zero-order valence-electron chi connectivity index (χ0n) is 12.2. The van der Waals surface area contributed by atoms with E-state index in [1.807, 2.05) is 11.8 Å². The van der Waals surface area contributed by atoms with Gasteiger partial charge in [0.15, 0.2) is 0 Å². The number of hydrogen-bond donors (Lipinski definition) is 2. The van der Waals surface area contributed by atoms with E-state index in [2.05, 4.69) is 5.32 Å². The van der Waals surface area contributed by atoms with Crippen LogP contribution < -0.4 is 11.1 Å². The maximum absolute atomic E-state index is 11.9. The number of nitrogens with one attached hydrogen (secondary N) is 1. The summed E-state index contributed by atoms with van der Waals surface area (Å²) in [6, 6.07) is 5.12. The lowest BCUT2D eigenvalue weighted by atomic mass is 10.0. The number of carbonyl (C=O) groups is 1. The van der Waals surface area contributed by atoms with Crippen LogP contribution in [0.1, 0.15) is 44.9 Å². The van der Waals surface area contributed by atoms with Crippen molar-refractivity contribution in [2.45, 2.75) is 50.2 Å². The predicted octanol–water partition coefficient (Wildman–Crippen LogP) is 4.71. The van der Waals surface area contributed by atoms with E-state index in [9.17, 15) is 4.79 Å². The van der Waals surface area contributed by atoms with Gasteiger partial charge in [-0.2, -0.15) is 11.8 Å². The minimum atomic E-state index is 0.0215. The van der Waals surface area contributed by atoms with Crippen molar-refractivity contribution in [2.75, 3.05) is 16.8 Å². The molecule has 0 saturated heterocycles. The minimum absolute atomic E-state index is 0.0215. The Morgan fingerprint density at radius 2 is 2.10 bits per heavy atom. The number of nitrogen functional groups attached to an aromatic ring is 1. The number of nitrogens with two attached hydrogens (primary N) is 1. The molecule has 0 bridgehead atoms. The molecule has 1 amide bonds. The third kappa shape index (κ3) is 5.79. The van der Waals surface area contributed by atoms with Crippen molar-refractivity contribution in [3.8, 4) is 0 Å². The van der Waals surface area contributed by atoms with Gasteiger partial charge >= 0.3 is 0 Å². The highest BCUT2D eigenvalue weighted by molar-refractivity contribution is 7.99. The lowest BCUT2D eigenvalue weighted by Gasteiger charge is -2.20. The quantitative estimate of drug-likeness (QED) is 0.588. The Labute approximate surface area is 136 Å². The van der Waals surface area contributed by atoms with Gasteiger partial charge in [-0.25, -0.2) is 0 Å². The summed E-state index contributed by atoms with van der Waals surface area (Å²) in [5, 5.41) is 4.24. The second kappa shape index (κ2) is 8.54. The van der Waals surface area contributed by atoms with Crippen LogP contribution in [0.15, 0.2) is 18.2 Å². The number of thioether (sulfide) groups is 1. The van der Waals surface area contributed by atoms with Crippen LogP contribution >= 0.6 is 23.4 Å². The SMILES string of the molecule is Nc1cc(Cl)ccc1NC(=O)CCCSC1CCCCC1. The molecule has 2 rings (SSSR count). The summed E-state index contributed by atoms with van der Waals surface area (Å²) in [5.74, 6) is 1.09. The van der Waals surface area contributed by atoms with Crippen LogP contribution in [-0.2, 0) is 4.79 Å². The fraction of sp³-hybridized carbons (Fsp3) is 0.562. The van der Waals surface area contributed by atoms with Crippen molar-refractivity contribution in [2.24, 2.45) is 0 Å². The largest absolute Gasteiger partial charge is 0.397 e. The summed E-state index contributed by atoms with van der Waals surface area (Å²) in [5.41, 5.74) is 6.97. The second-order valence-corrected chi connectivity index (χ2v) is 7.36. The van der Waals surface area contributed by atoms with Gasteiger partial charge in [-0.05, 0) is 43.2 Å². The van der Waals surface area contributed by atoms with Gasteiger partial charge in [0.1, 0.15) is 0 Å². The second-order valence-electron chi connectivity index (χ2n) is 5.51. The van der Waals surface area contributed by atoms with Crippen LogP contribution in [0.25, 0.3) is 0 Å². The van der Waals surface area contributed by atoms with E-state index in [-0.39, 0.29) is 5.91 Å². The van der Waals surface area contributed by atoms with E-state index < -0.39 is 0 Å². The smallest absolute Gasteiger partial charge is 0.224 e. The Morgan fingerprint density at radius 3 is 2.81 bits per heavy atom. The van der Waals surface area contributed by atoms with Gasteiger partial charge in [-0.3, -0.25) is 4.79 Å². The average molecular weight is 327 g/mol. The Hall–Kier alpha value is -0.870. The monoisotopic (exact) mass is 326 g/mol. The molecule has 0 spiro atoms. The molecule has 0 aliphatic heterocycles. The first-order valence-corrected chi connectivity index (χ1v) is 9.04. The van der Waals surface area contributed by atoms with Gasteiger partial charge < -0.3 is 11.1 Å². The Morgan fingerprint density at radius 1 is 1.33 bits per heavy atom. The highest BCUT2D eigenvalue weighted by Crippen LogP contribution is 2.29. The molecule has 3 N–H and O–H groups in total. The van der Waals surface area contributed by atoms with E-state index in [0.717, 1.165) is 17.4 Å². The zero-order valence-corrected chi connectivity index (χ0v) is 13.8. The molecule has 1 fully saturated rings. The van der Waals surface area contributed by atoms with Crippen molar-refractivity contribution in [3.05, 3.63) is 23.2 Å². The first-order chi connectivity index (χ1) is 10.1. The van der Waals surface area contributed by atoms with Crippen LogP contribution in [0.3, 0.4) is 0 Å². The predicted molar refractivity (Wildman–Crippen MR) is 93.1 cm³/mol. The summed E-state index contributed by atoms with van der Waals surface area (Å²) >= 11 is 7.86. The van der Waals surface area contributed by atoms with E-state index in [0.29, 0.717) is 22.8 Å². The number of anilines is 2. The van der Waals surface area contributed by atoms with Crippen LogP contribution in [0.2, 0.25) is 5.02 Å². The van der Waals surface area contributed by atoms with E-state index in [1.54, 1.807) is 18.2 Å². The number of hydrogen-bond acceptors (Lipinski definition) is 3. The zero-order chi connectivity index (χ0) is 15.1. The van der Waals surface area contributed by atoms with Crippen molar-refractivity contribution in [1.29, 1.82) is 0 Å². The number of rotatable bonds is 6. The lowest BCUT2D eigenvalue weighted by molar-refractivity contribution is -0.116. The van der Waals surface area contributed by atoms with Gasteiger partial charge in [0.2, 0.25) is 5.91 Å². The summed E-state index contributed by atoms with van der Waals surface area (Å²) < 4.78 is 0. The Balaban J connectivity index is 1.65. The van der Waals surface area contributed by atoms with E-state index in [4.69, 9.17) is 17.3 Å². The van der Waals surface area contributed by atoms with Gasteiger partial charge in [0, 0.05) is 16.7 Å². The van der Waals surface area contributed by atoms with Crippen LogP contribution in [0, 0.1) is 0 Å². The average Bonchev–Trinajstić information content (AvgIpc) is 2.48. The molecule has 5 heteroatoms. The summed E-state index contributed by atoms with van der Waals surface area (Å²) in [4.78, 5) is 11.9. The molecule has 3 nitrogen and oxygen atoms in total. The lowest BCUT2D eigenvalue weighted by Crippen LogP contribution is -2.13. The molecule has 1 aromatic carbocycles. The fourth-order valence-electron chi connectivity index (χ4n) is 2.57. The molecule has 21 heavy (non-hydrogen) atoms. The van der Waals surface area contributed by atoms with Gasteiger partial charge in [-0.15, -0.1) is 0 Å². The molecule has 0 heterocycles. The molecule has 1 saturated carbocycles. The van der Waals surface area contributed by atoms with E-state index in [1.165, 1.54) is 32.1 Å². The molecule has 0 unspecified atom stereocenters. The molecule has 0 radical (unpaired) electrons. The van der Waals surface area contributed by atoms with Crippen LogP contribution in [0.4, 0.5) is 11.4 Å². The molecule has 0 aromatic heterocycles. The third-order valence-corrected chi connectivity index (χ3v) is 5.44. The number of halogens is 1.